The Labute approximate surface area is 101 Å². The molecule has 5 nitrogen and oxygen atoms in total. The Kier molecular flexibility index (Phi) is 3.80. The number of primary amides is 1. The van der Waals surface area contributed by atoms with Crippen LogP contribution in [0.4, 0.5) is 0 Å². The van der Waals surface area contributed by atoms with Crippen LogP contribution in [0, 0.1) is 5.92 Å². The van der Waals surface area contributed by atoms with E-state index in [4.69, 9.17) is 11.5 Å². The lowest BCUT2D eigenvalue weighted by Gasteiger charge is -2.38. The molecule has 0 aromatic heterocycles. The molecule has 2 atom stereocenters. The van der Waals surface area contributed by atoms with Crippen molar-refractivity contribution in [2.75, 3.05) is 0 Å². The van der Waals surface area contributed by atoms with Gasteiger partial charge in [0, 0.05) is 11.5 Å². The quantitative estimate of drug-likeness (QED) is 0.637. The van der Waals surface area contributed by atoms with E-state index in [9.17, 15) is 9.59 Å². The van der Waals surface area contributed by atoms with Crippen molar-refractivity contribution in [2.45, 2.75) is 43.7 Å². The summed E-state index contributed by atoms with van der Waals surface area (Å²) in [5.74, 6) is -0.628. The van der Waals surface area contributed by atoms with Crippen LogP contribution in [0.3, 0.4) is 0 Å². The monoisotopic (exact) mass is 247 g/mol. The summed E-state index contributed by atoms with van der Waals surface area (Å²) >= 11 is 0. The van der Waals surface area contributed by atoms with E-state index in [1.165, 1.54) is 6.42 Å². The van der Waals surface area contributed by atoms with E-state index in [2.05, 4.69) is 5.32 Å². The molecule has 0 aromatic rings. The van der Waals surface area contributed by atoms with Gasteiger partial charge in [0.2, 0.25) is 11.8 Å². The maximum atomic E-state index is 11.6. The number of nitrogens with one attached hydrogen (secondary N) is 1. The Morgan fingerprint density at radius 3 is 2.56 bits per heavy atom. The molecule has 1 heterocycles. The number of carbonyl (C=O) groups excluding carboxylic acids is 2. The van der Waals surface area contributed by atoms with Gasteiger partial charge in [0.05, 0.1) is 6.04 Å². The van der Waals surface area contributed by atoms with Gasteiger partial charge in [-0.2, -0.15) is 0 Å². The molecule has 2 amide bonds. The topological polar surface area (TPSA) is 98.2 Å². The minimum atomic E-state index is -0.698. The van der Waals surface area contributed by atoms with Crippen LogP contribution in [-0.2, 0) is 9.59 Å². The van der Waals surface area contributed by atoms with Gasteiger partial charge in [0.25, 0.3) is 0 Å². The van der Waals surface area contributed by atoms with Crippen LogP contribution in [0.25, 0.3) is 0 Å². The summed E-state index contributed by atoms with van der Waals surface area (Å²) in [7, 11) is 0. The average Bonchev–Trinajstić information content (AvgIpc) is 2.43. The first-order chi connectivity index (χ1) is 7.02. The van der Waals surface area contributed by atoms with E-state index in [-0.39, 0.29) is 29.8 Å². The molecule has 0 radical (unpaired) electrons. The van der Waals surface area contributed by atoms with Crippen LogP contribution >= 0.6 is 12.4 Å². The fourth-order valence-electron chi connectivity index (χ4n) is 2.52. The zero-order chi connectivity index (χ0) is 11.1. The second kappa shape index (κ2) is 4.59. The van der Waals surface area contributed by atoms with Crippen LogP contribution in [0.2, 0.25) is 0 Å². The highest BCUT2D eigenvalue weighted by Crippen LogP contribution is 2.42. The van der Waals surface area contributed by atoms with Gasteiger partial charge in [0.1, 0.15) is 0 Å². The lowest BCUT2D eigenvalue weighted by atomic mass is 9.74. The molecule has 2 rings (SSSR count). The molecule has 1 spiro atoms. The Hall–Kier alpha value is -0.810. The van der Waals surface area contributed by atoms with E-state index in [1.54, 1.807) is 0 Å². The minimum absolute atomic E-state index is 0. The standard InChI is InChI=1S/C10H17N3O2.ClH/c11-7(8(12)14)4-6-5-10(2-1-3-10)13-9(6)15;/h6-7H,1-5,11H2,(H2,12,14)(H,13,15);1H. The summed E-state index contributed by atoms with van der Waals surface area (Å²) in [6, 6.07) is -0.698. The van der Waals surface area contributed by atoms with Gasteiger partial charge in [-0.3, -0.25) is 9.59 Å². The van der Waals surface area contributed by atoms with Crippen molar-refractivity contribution in [3.05, 3.63) is 0 Å². The second-order valence-electron chi connectivity index (χ2n) is 4.77. The third kappa shape index (κ3) is 2.30. The van der Waals surface area contributed by atoms with Gasteiger partial charge in [-0.25, -0.2) is 0 Å². The van der Waals surface area contributed by atoms with E-state index in [0.717, 1.165) is 19.3 Å². The van der Waals surface area contributed by atoms with Crippen molar-refractivity contribution in [3.8, 4) is 0 Å². The normalized spacial score (nSPS) is 27.8. The minimum Gasteiger partial charge on any atom is -0.368 e. The van der Waals surface area contributed by atoms with Crippen LogP contribution in [-0.4, -0.2) is 23.4 Å². The number of amides is 2. The molecule has 1 aliphatic carbocycles. The van der Waals surface area contributed by atoms with Crippen molar-refractivity contribution in [1.82, 2.24) is 5.32 Å². The molecule has 2 unspecified atom stereocenters. The van der Waals surface area contributed by atoms with E-state index in [0.29, 0.717) is 6.42 Å². The van der Waals surface area contributed by atoms with Gasteiger partial charge in [-0.1, -0.05) is 0 Å². The van der Waals surface area contributed by atoms with Crippen molar-refractivity contribution in [1.29, 1.82) is 0 Å². The fourth-order valence-corrected chi connectivity index (χ4v) is 2.52. The van der Waals surface area contributed by atoms with Gasteiger partial charge in [-0.15, -0.1) is 12.4 Å². The highest BCUT2D eigenvalue weighted by atomic mass is 35.5. The molecule has 2 aliphatic rings. The molecule has 6 heteroatoms. The first-order valence-corrected chi connectivity index (χ1v) is 5.39. The Bertz CT molecular complexity index is 304. The van der Waals surface area contributed by atoms with E-state index < -0.39 is 11.9 Å². The van der Waals surface area contributed by atoms with Crippen LogP contribution in [0.15, 0.2) is 0 Å². The number of hydrogen-bond acceptors (Lipinski definition) is 3. The second-order valence-corrected chi connectivity index (χ2v) is 4.77. The lowest BCUT2D eigenvalue weighted by molar-refractivity contribution is -0.124. The van der Waals surface area contributed by atoms with E-state index in [1.807, 2.05) is 0 Å². The first-order valence-electron chi connectivity index (χ1n) is 5.39. The molecule has 0 bridgehead atoms. The van der Waals surface area contributed by atoms with Gasteiger partial charge in [-0.05, 0) is 32.1 Å². The maximum Gasteiger partial charge on any atom is 0.234 e. The molecule has 5 N–H and O–H groups in total. The maximum absolute atomic E-state index is 11.6. The number of carbonyl (C=O) groups is 2. The first kappa shape index (κ1) is 13.3. The Morgan fingerprint density at radius 2 is 2.19 bits per heavy atom. The van der Waals surface area contributed by atoms with Gasteiger partial charge in [0.15, 0.2) is 0 Å². The molecule has 2 fully saturated rings. The predicted octanol–water partition coefficient (Wildman–Crippen LogP) is -0.330. The van der Waals surface area contributed by atoms with Crippen molar-refractivity contribution < 1.29 is 9.59 Å². The highest BCUT2D eigenvalue weighted by molar-refractivity contribution is 5.85. The largest absolute Gasteiger partial charge is 0.368 e. The van der Waals surface area contributed by atoms with Crippen molar-refractivity contribution >= 4 is 24.2 Å². The smallest absolute Gasteiger partial charge is 0.234 e. The SMILES string of the molecule is Cl.NC(=O)C(N)CC1CC2(CCC2)NC1=O. The Balaban J connectivity index is 0.00000128. The molecular formula is C10H18ClN3O2. The lowest BCUT2D eigenvalue weighted by Crippen LogP contribution is -2.47. The zero-order valence-electron chi connectivity index (χ0n) is 9.07. The summed E-state index contributed by atoms with van der Waals surface area (Å²) in [4.78, 5) is 22.4. The molecular weight excluding hydrogens is 230 g/mol. The van der Waals surface area contributed by atoms with Gasteiger partial charge < -0.3 is 16.8 Å². The molecule has 1 aliphatic heterocycles. The summed E-state index contributed by atoms with van der Waals surface area (Å²) in [6.07, 6.45) is 4.48. The van der Waals surface area contributed by atoms with Gasteiger partial charge >= 0.3 is 0 Å². The molecule has 0 aromatic carbocycles. The molecule has 16 heavy (non-hydrogen) atoms. The van der Waals surface area contributed by atoms with Crippen molar-refractivity contribution in [3.63, 3.8) is 0 Å². The molecule has 1 saturated heterocycles. The van der Waals surface area contributed by atoms with Crippen LogP contribution < -0.4 is 16.8 Å². The summed E-state index contributed by atoms with van der Waals surface area (Å²) < 4.78 is 0. The fraction of sp³-hybridized carbons (Fsp3) is 0.800. The van der Waals surface area contributed by atoms with E-state index >= 15 is 0 Å². The predicted molar refractivity (Wildman–Crippen MR) is 61.9 cm³/mol. The number of halogens is 1. The van der Waals surface area contributed by atoms with Crippen LogP contribution in [0.5, 0.6) is 0 Å². The number of hydrogen-bond donors (Lipinski definition) is 3. The average molecular weight is 248 g/mol. The highest BCUT2D eigenvalue weighted by Gasteiger charge is 2.48. The third-order valence-electron chi connectivity index (χ3n) is 3.61. The molecule has 92 valence electrons. The van der Waals surface area contributed by atoms with Crippen LogP contribution in [0.1, 0.15) is 32.1 Å². The number of rotatable bonds is 3. The van der Waals surface area contributed by atoms with Crippen molar-refractivity contribution in [2.24, 2.45) is 17.4 Å². The summed E-state index contributed by atoms with van der Waals surface area (Å²) in [6.45, 7) is 0. The Morgan fingerprint density at radius 1 is 1.56 bits per heavy atom. The summed E-state index contributed by atoms with van der Waals surface area (Å²) in [5.41, 5.74) is 10.7. The number of nitrogens with two attached hydrogens (primary N) is 2. The third-order valence-corrected chi connectivity index (χ3v) is 3.61. The zero-order valence-corrected chi connectivity index (χ0v) is 9.89. The summed E-state index contributed by atoms with van der Waals surface area (Å²) in [5, 5.41) is 3.01. The molecule has 1 saturated carbocycles.